The maximum atomic E-state index is 11.8. The van der Waals surface area contributed by atoms with Crippen molar-refractivity contribution in [1.82, 2.24) is 0 Å². The van der Waals surface area contributed by atoms with E-state index in [4.69, 9.17) is 5.11 Å². The van der Waals surface area contributed by atoms with Crippen molar-refractivity contribution < 1.29 is 75.1 Å². The van der Waals surface area contributed by atoms with E-state index >= 15 is 0 Å². The van der Waals surface area contributed by atoms with Crippen molar-refractivity contribution in [3.63, 3.8) is 0 Å². The molecule has 5 nitrogen and oxygen atoms in total. The van der Waals surface area contributed by atoms with Gasteiger partial charge in [0.1, 0.15) is 13.2 Å². The van der Waals surface area contributed by atoms with E-state index in [1.54, 1.807) is 6.92 Å². The van der Waals surface area contributed by atoms with Crippen LogP contribution in [0.25, 0.3) is 0 Å². The Morgan fingerprint density at radius 2 is 1.03 bits per heavy atom. The van der Waals surface area contributed by atoms with Crippen LogP contribution in [0, 0.1) is 6.92 Å². The molecule has 204 valence electrons. The van der Waals surface area contributed by atoms with Gasteiger partial charge in [0.25, 0.3) is 10.1 Å². The number of ether oxygens (including phenoxy) is 1. The molecule has 0 atom stereocenters. The lowest BCUT2D eigenvalue weighted by Gasteiger charge is -2.09. The van der Waals surface area contributed by atoms with Crippen LogP contribution >= 0.6 is 0 Å². The highest BCUT2D eigenvalue weighted by Crippen LogP contribution is 2.20. The van der Waals surface area contributed by atoms with Gasteiger partial charge in [0.15, 0.2) is 6.61 Å². The Bertz CT molecular complexity index is 752. The number of benzene rings is 1. The van der Waals surface area contributed by atoms with Crippen molar-refractivity contribution in [2.45, 2.75) is 44.0 Å². The van der Waals surface area contributed by atoms with Gasteiger partial charge in [-0.1, -0.05) is 25.1 Å². The van der Waals surface area contributed by atoms with E-state index < -0.39 is 61.3 Å². The Morgan fingerprint density at radius 1 is 0.706 bits per heavy atom. The van der Waals surface area contributed by atoms with E-state index in [2.05, 4.69) is 8.92 Å². The summed E-state index contributed by atoms with van der Waals surface area (Å²) in [6, 6.07) is 5.34. The van der Waals surface area contributed by atoms with E-state index in [-0.39, 0.29) is 12.3 Å². The molecule has 0 spiro atoms. The topological polar surface area (TPSA) is 75.7 Å². The predicted molar refractivity (Wildman–Crippen MR) is 91.0 cm³/mol. The first-order valence-corrected chi connectivity index (χ1v) is 9.27. The molecule has 1 rings (SSSR count). The van der Waals surface area contributed by atoms with Gasteiger partial charge in [-0.05, 0) is 25.7 Å². The molecule has 0 unspecified atom stereocenters. The van der Waals surface area contributed by atoms with E-state index in [1.807, 2.05) is 0 Å². The standard InChI is InChI=1S/C9H9F3O3S.C4H4F6O.C2H2F3O.CH4/c1-7-2-4-8(5-3-7)16(13,14)15-6-9(10,11)12;5-3(6,7)1-11-2-4(8,9)10;3-2(4,5)1-6;/h2-5H,6H2,1H3;1-2H2;1H2;1H4/q;;-1;. The van der Waals surface area contributed by atoms with E-state index in [1.165, 1.54) is 24.3 Å². The predicted octanol–water partition coefficient (Wildman–Crippen LogP) is 4.94. The third-order valence-corrected chi connectivity index (χ3v) is 3.66. The molecule has 18 heteroatoms. The minimum absolute atomic E-state index is 0. The molecule has 0 saturated heterocycles. The summed E-state index contributed by atoms with van der Waals surface area (Å²) in [7, 11) is -4.33. The Hall–Kier alpha value is -1.79. The first-order chi connectivity index (χ1) is 14.5. The monoisotopic (exact) mass is 551 g/mol. The van der Waals surface area contributed by atoms with Gasteiger partial charge in [-0.25, -0.2) is 0 Å². The number of hydrogen-bond donors (Lipinski definition) is 0. The molecule has 0 saturated carbocycles. The summed E-state index contributed by atoms with van der Waals surface area (Å²) in [5.74, 6) is 0. The van der Waals surface area contributed by atoms with Crippen LogP contribution in [-0.4, -0.2) is 59.6 Å². The molecule has 0 aliphatic heterocycles. The van der Waals surface area contributed by atoms with Gasteiger partial charge >= 0.3 is 24.7 Å². The van der Waals surface area contributed by atoms with Gasteiger partial charge in [-0.15, -0.1) is 0 Å². The van der Waals surface area contributed by atoms with E-state index in [0.717, 1.165) is 5.56 Å². The third-order valence-electron chi connectivity index (χ3n) is 2.38. The molecule has 34 heavy (non-hydrogen) atoms. The van der Waals surface area contributed by atoms with Gasteiger partial charge in [-0.3, -0.25) is 4.18 Å². The van der Waals surface area contributed by atoms with Crippen LogP contribution in [0.15, 0.2) is 29.2 Å². The van der Waals surface area contributed by atoms with Crippen molar-refractivity contribution in [2.24, 2.45) is 0 Å². The largest absolute Gasteiger partial charge is 0.848 e. The Kier molecular flexibility index (Phi) is 15.8. The van der Waals surface area contributed by atoms with Crippen LogP contribution in [0.4, 0.5) is 52.7 Å². The van der Waals surface area contributed by atoms with Crippen LogP contribution in [0.5, 0.6) is 0 Å². The number of rotatable bonds is 5. The molecule has 1 aromatic rings. The van der Waals surface area contributed by atoms with Crippen LogP contribution in [0.3, 0.4) is 0 Å². The van der Waals surface area contributed by atoms with Crippen molar-refractivity contribution in [2.75, 3.05) is 26.4 Å². The molecular formula is C16H19F12O5S-. The molecular weight excluding hydrogens is 532 g/mol. The average molecular weight is 551 g/mol. The second-order valence-electron chi connectivity index (χ2n) is 5.63. The summed E-state index contributed by atoms with van der Waals surface area (Å²) in [4.78, 5) is -0.289. The van der Waals surface area contributed by atoms with Crippen LogP contribution in [0.1, 0.15) is 13.0 Å². The average Bonchev–Trinajstić information content (AvgIpc) is 2.58. The molecule has 0 aliphatic rings. The molecule has 0 aliphatic carbocycles. The number of halogens is 12. The van der Waals surface area contributed by atoms with Crippen molar-refractivity contribution in [1.29, 1.82) is 0 Å². The molecule has 0 amide bonds. The molecule has 0 bridgehead atoms. The highest BCUT2D eigenvalue weighted by Gasteiger charge is 2.33. The second kappa shape index (κ2) is 14.6. The number of alkyl halides is 12. The van der Waals surface area contributed by atoms with Gasteiger partial charge in [-0.2, -0.15) is 61.1 Å². The first kappa shape index (κ1) is 36.8. The summed E-state index contributed by atoms with van der Waals surface area (Å²) < 4.78 is 163. The zero-order valence-electron chi connectivity index (χ0n) is 16.1. The second-order valence-corrected chi connectivity index (χ2v) is 7.24. The molecule has 0 radical (unpaired) electrons. The summed E-state index contributed by atoms with van der Waals surface area (Å²) in [5, 5.41) is 8.83. The molecule has 0 heterocycles. The minimum Gasteiger partial charge on any atom is -0.848 e. The first-order valence-electron chi connectivity index (χ1n) is 7.86. The lowest BCUT2D eigenvalue weighted by Crippen LogP contribution is -2.24. The smallest absolute Gasteiger partial charge is 0.413 e. The SMILES string of the molecule is C.Cc1ccc(S(=O)(=O)OCC(F)(F)F)cc1.FC(F)(F)COCC(F)(F)F.[O-]CC(F)(F)F. The number of hydrogen-bond acceptors (Lipinski definition) is 5. The fourth-order valence-corrected chi connectivity index (χ4v) is 2.09. The maximum absolute atomic E-state index is 11.8. The fraction of sp³-hybridized carbons (Fsp3) is 0.625. The van der Waals surface area contributed by atoms with E-state index in [0.29, 0.717) is 0 Å². The zero-order valence-corrected chi connectivity index (χ0v) is 16.9. The Labute approximate surface area is 186 Å². The quantitative estimate of drug-likeness (QED) is 0.383. The Morgan fingerprint density at radius 3 is 1.29 bits per heavy atom. The third kappa shape index (κ3) is 24.8. The molecule has 1 aromatic carbocycles. The van der Waals surface area contributed by atoms with Crippen molar-refractivity contribution in [3.8, 4) is 0 Å². The molecule has 0 fully saturated rings. The normalized spacial score (nSPS) is 12.5. The lowest BCUT2D eigenvalue weighted by molar-refractivity contribution is -0.426. The number of aryl methyl sites for hydroxylation is 1. The highest BCUT2D eigenvalue weighted by atomic mass is 32.2. The summed E-state index contributed by atoms with van der Waals surface area (Å²) in [6.07, 6.45) is -18.6. The Balaban J connectivity index is -0.000000466. The van der Waals surface area contributed by atoms with Crippen LogP contribution < -0.4 is 5.11 Å². The van der Waals surface area contributed by atoms with Crippen molar-refractivity contribution in [3.05, 3.63) is 29.8 Å². The van der Waals surface area contributed by atoms with Gasteiger partial charge in [0.2, 0.25) is 0 Å². The van der Waals surface area contributed by atoms with Gasteiger partial charge < -0.3 is 9.84 Å². The lowest BCUT2D eigenvalue weighted by atomic mass is 10.2. The molecule has 0 N–H and O–H groups in total. The van der Waals surface area contributed by atoms with Crippen LogP contribution in [0.2, 0.25) is 0 Å². The summed E-state index contributed by atoms with van der Waals surface area (Å²) in [5.41, 5.74) is 0.801. The summed E-state index contributed by atoms with van der Waals surface area (Å²) in [6.45, 7) is -5.80. The minimum atomic E-state index is -4.70. The van der Waals surface area contributed by atoms with Crippen molar-refractivity contribution >= 4 is 10.1 Å². The zero-order chi connectivity index (χ0) is 26.7. The fourth-order valence-electron chi connectivity index (χ4n) is 1.20. The maximum Gasteiger partial charge on any atom is 0.413 e. The van der Waals surface area contributed by atoms with Crippen LogP contribution in [-0.2, 0) is 19.0 Å². The molecule has 0 aromatic heterocycles. The highest BCUT2D eigenvalue weighted by molar-refractivity contribution is 7.86. The van der Waals surface area contributed by atoms with Gasteiger partial charge in [0, 0.05) is 0 Å². The summed E-state index contributed by atoms with van der Waals surface area (Å²) >= 11 is 0. The van der Waals surface area contributed by atoms with E-state index in [9.17, 15) is 61.1 Å². The van der Waals surface area contributed by atoms with Gasteiger partial charge in [0.05, 0.1) is 4.90 Å².